The van der Waals surface area contributed by atoms with Gasteiger partial charge in [0.05, 0.1) is 5.92 Å². The van der Waals surface area contributed by atoms with Crippen molar-refractivity contribution in [2.75, 3.05) is 26.7 Å². The van der Waals surface area contributed by atoms with Crippen LogP contribution in [0, 0.1) is 5.92 Å². The van der Waals surface area contributed by atoms with Gasteiger partial charge in [-0.1, -0.05) is 0 Å². The summed E-state index contributed by atoms with van der Waals surface area (Å²) in [6.45, 7) is -1.03. The summed E-state index contributed by atoms with van der Waals surface area (Å²) < 4.78 is 37.1. The summed E-state index contributed by atoms with van der Waals surface area (Å²) in [5, 5.41) is 0. The predicted octanol–water partition coefficient (Wildman–Crippen LogP) is 1.49. The van der Waals surface area contributed by atoms with E-state index in [0.29, 0.717) is 17.9 Å². The number of hydrogen-bond acceptors (Lipinski definition) is 3. The Balaban J connectivity index is 1.86. The molecule has 126 valence electrons. The molecule has 0 N–H and O–H groups in total. The molecule has 0 aliphatic carbocycles. The standard InChI is InChI=1S/C15H18F3N3O2/c1-20(7-4-11-2-5-19-6-3-11)14(23)12-8-13(22)21(9-12)10-15(16,17)18/h2-3,5-6,12H,4,7-10H2,1H3/t12-/m0/s1. The van der Waals surface area contributed by atoms with Crippen molar-refractivity contribution in [1.29, 1.82) is 0 Å². The lowest BCUT2D eigenvalue weighted by Gasteiger charge is -2.22. The minimum absolute atomic E-state index is 0.158. The number of likely N-dealkylation sites (tertiary alicyclic amines) is 1. The van der Waals surface area contributed by atoms with E-state index in [1.807, 2.05) is 12.1 Å². The van der Waals surface area contributed by atoms with Crippen molar-refractivity contribution in [1.82, 2.24) is 14.8 Å². The van der Waals surface area contributed by atoms with Crippen LogP contribution in [0.3, 0.4) is 0 Å². The van der Waals surface area contributed by atoms with Gasteiger partial charge < -0.3 is 9.80 Å². The lowest BCUT2D eigenvalue weighted by molar-refractivity contribution is -0.157. The number of rotatable bonds is 5. The van der Waals surface area contributed by atoms with Crippen molar-refractivity contribution in [2.24, 2.45) is 5.92 Å². The van der Waals surface area contributed by atoms with E-state index in [9.17, 15) is 22.8 Å². The maximum Gasteiger partial charge on any atom is 0.406 e. The third-order valence-corrected chi connectivity index (χ3v) is 3.80. The fourth-order valence-electron chi connectivity index (χ4n) is 2.57. The Kier molecular flexibility index (Phi) is 5.23. The lowest BCUT2D eigenvalue weighted by Crippen LogP contribution is -2.38. The smallest absolute Gasteiger partial charge is 0.345 e. The number of amides is 2. The molecule has 5 nitrogen and oxygen atoms in total. The predicted molar refractivity (Wildman–Crippen MR) is 76.3 cm³/mol. The van der Waals surface area contributed by atoms with E-state index in [4.69, 9.17) is 0 Å². The molecule has 1 aromatic rings. The number of likely N-dealkylation sites (N-methyl/N-ethyl adjacent to an activating group) is 1. The lowest BCUT2D eigenvalue weighted by atomic mass is 10.1. The zero-order chi connectivity index (χ0) is 17.0. The van der Waals surface area contributed by atoms with Crippen LogP contribution in [0.4, 0.5) is 13.2 Å². The second kappa shape index (κ2) is 6.97. The largest absolute Gasteiger partial charge is 0.406 e. The highest BCUT2D eigenvalue weighted by Gasteiger charge is 2.41. The van der Waals surface area contributed by atoms with Crippen LogP contribution >= 0.6 is 0 Å². The number of nitrogens with zero attached hydrogens (tertiary/aromatic N) is 3. The third-order valence-electron chi connectivity index (χ3n) is 3.80. The van der Waals surface area contributed by atoms with Gasteiger partial charge in [-0.25, -0.2) is 0 Å². The van der Waals surface area contributed by atoms with Gasteiger partial charge in [0.15, 0.2) is 0 Å². The SMILES string of the molecule is CN(CCc1ccncc1)C(=O)[C@H]1CC(=O)N(CC(F)(F)F)C1. The summed E-state index contributed by atoms with van der Waals surface area (Å²) in [4.78, 5) is 30.0. The minimum atomic E-state index is -4.44. The average Bonchev–Trinajstić information content (AvgIpc) is 2.84. The minimum Gasteiger partial charge on any atom is -0.345 e. The van der Waals surface area contributed by atoms with Crippen LogP contribution in [0.15, 0.2) is 24.5 Å². The summed E-state index contributed by atoms with van der Waals surface area (Å²) in [7, 11) is 1.60. The molecular formula is C15H18F3N3O2. The van der Waals surface area contributed by atoms with Crippen molar-refractivity contribution in [2.45, 2.75) is 19.0 Å². The number of halogens is 3. The van der Waals surface area contributed by atoms with E-state index < -0.39 is 24.5 Å². The summed E-state index contributed by atoms with van der Waals surface area (Å²) in [5.74, 6) is -1.62. The number of aromatic nitrogens is 1. The number of alkyl halides is 3. The summed E-state index contributed by atoms with van der Waals surface area (Å²) in [6.07, 6.45) is -0.670. The number of hydrogen-bond donors (Lipinski definition) is 0. The third kappa shape index (κ3) is 4.94. The summed E-state index contributed by atoms with van der Waals surface area (Å²) in [5.41, 5.74) is 1.01. The zero-order valence-corrected chi connectivity index (χ0v) is 12.7. The first-order valence-electron chi connectivity index (χ1n) is 7.24. The van der Waals surface area contributed by atoms with Gasteiger partial charge in [0.2, 0.25) is 11.8 Å². The molecular weight excluding hydrogens is 311 g/mol. The molecule has 2 heterocycles. The van der Waals surface area contributed by atoms with Gasteiger partial charge in [-0.15, -0.1) is 0 Å². The van der Waals surface area contributed by atoms with Gasteiger partial charge in [0, 0.05) is 39.0 Å². The Bertz CT molecular complexity index is 563. The Morgan fingerprint density at radius 1 is 1.39 bits per heavy atom. The monoisotopic (exact) mass is 329 g/mol. The normalized spacial score (nSPS) is 18.3. The Labute approximate surface area is 132 Å². The highest BCUT2D eigenvalue weighted by atomic mass is 19.4. The molecule has 1 saturated heterocycles. The average molecular weight is 329 g/mol. The van der Waals surface area contributed by atoms with Crippen LogP contribution in [0.25, 0.3) is 0 Å². The second-order valence-electron chi connectivity index (χ2n) is 5.66. The highest BCUT2D eigenvalue weighted by Crippen LogP contribution is 2.24. The molecule has 23 heavy (non-hydrogen) atoms. The van der Waals surface area contributed by atoms with Crippen LogP contribution < -0.4 is 0 Å². The van der Waals surface area contributed by atoms with Crippen molar-refractivity contribution in [3.8, 4) is 0 Å². The van der Waals surface area contributed by atoms with Crippen LogP contribution in [-0.4, -0.2) is 59.5 Å². The maximum absolute atomic E-state index is 12.4. The second-order valence-corrected chi connectivity index (χ2v) is 5.66. The number of carbonyl (C=O) groups is 2. The quantitative estimate of drug-likeness (QED) is 0.822. The van der Waals surface area contributed by atoms with Crippen LogP contribution in [-0.2, 0) is 16.0 Å². The topological polar surface area (TPSA) is 53.5 Å². The Morgan fingerprint density at radius 2 is 2.04 bits per heavy atom. The fraction of sp³-hybridized carbons (Fsp3) is 0.533. The van der Waals surface area contributed by atoms with Gasteiger partial charge >= 0.3 is 6.18 Å². The first-order chi connectivity index (χ1) is 10.8. The Hall–Kier alpha value is -2.12. The van der Waals surface area contributed by atoms with E-state index in [0.717, 1.165) is 5.56 Å². The fourth-order valence-corrected chi connectivity index (χ4v) is 2.57. The van der Waals surface area contributed by atoms with Gasteiger partial charge in [-0.05, 0) is 24.1 Å². The number of carbonyl (C=O) groups excluding carboxylic acids is 2. The molecule has 0 saturated carbocycles. The molecule has 1 aliphatic heterocycles. The number of pyridine rings is 1. The van der Waals surface area contributed by atoms with Crippen LogP contribution in [0.2, 0.25) is 0 Å². The molecule has 0 spiro atoms. The summed E-state index contributed by atoms with van der Waals surface area (Å²) in [6, 6.07) is 3.67. The molecule has 8 heteroatoms. The first kappa shape index (κ1) is 17.2. The van der Waals surface area contributed by atoms with Gasteiger partial charge in [0.1, 0.15) is 6.54 Å². The van der Waals surface area contributed by atoms with Crippen molar-refractivity contribution >= 4 is 11.8 Å². The van der Waals surface area contributed by atoms with Gasteiger partial charge in [-0.3, -0.25) is 14.6 Å². The van der Waals surface area contributed by atoms with E-state index in [1.54, 1.807) is 19.4 Å². The van der Waals surface area contributed by atoms with E-state index in [1.165, 1.54) is 4.90 Å². The molecule has 0 unspecified atom stereocenters. The molecule has 0 aromatic carbocycles. The Morgan fingerprint density at radius 3 is 2.65 bits per heavy atom. The van der Waals surface area contributed by atoms with Crippen LogP contribution in [0.5, 0.6) is 0 Å². The zero-order valence-electron chi connectivity index (χ0n) is 12.7. The molecule has 1 aliphatic rings. The highest BCUT2D eigenvalue weighted by molar-refractivity contribution is 5.89. The van der Waals surface area contributed by atoms with Gasteiger partial charge in [0.25, 0.3) is 0 Å². The van der Waals surface area contributed by atoms with E-state index >= 15 is 0 Å². The molecule has 0 bridgehead atoms. The van der Waals surface area contributed by atoms with Crippen LogP contribution in [0.1, 0.15) is 12.0 Å². The molecule has 1 atom stereocenters. The molecule has 0 radical (unpaired) electrons. The maximum atomic E-state index is 12.4. The van der Waals surface area contributed by atoms with E-state index in [2.05, 4.69) is 4.98 Å². The van der Waals surface area contributed by atoms with Crippen molar-refractivity contribution < 1.29 is 22.8 Å². The van der Waals surface area contributed by atoms with Gasteiger partial charge in [-0.2, -0.15) is 13.2 Å². The summed E-state index contributed by atoms with van der Waals surface area (Å²) >= 11 is 0. The molecule has 2 rings (SSSR count). The van der Waals surface area contributed by atoms with Crippen molar-refractivity contribution in [3.63, 3.8) is 0 Å². The molecule has 1 aromatic heterocycles. The van der Waals surface area contributed by atoms with Crippen molar-refractivity contribution in [3.05, 3.63) is 30.1 Å². The molecule has 1 fully saturated rings. The first-order valence-corrected chi connectivity index (χ1v) is 7.24. The molecule has 2 amide bonds. The van der Waals surface area contributed by atoms with E-state index in [-0.39, 0.29) is 18.9 Å².